The Balaban J connectivity index is 1.16. The Hall–Kier alpha value is -3.95. The summed E-state index contributed by atoms with van der Waals surface area (Å²) in [5.41, 5.74) is 4.99. The summed E-state index contributed by atoms with van der Waals surface area (Å²) in [6.07, 6.45) is 8.91. The fourth-order valence-electron chi connectivity index (χ4n) is 6.12. The van der Waals surface area contributed by atoms with Gasteiger partial charge in [-0.05, 0) is 67.7 Å². The number of hydroxylamine groups is 1. The van der Waals surface area contributed by atoms with Gasteiger partial charge in [-0.3, -0.25) is 14.5 Å². The molecule has 1 atom stereocenters. The Morgan fingerprint density at radius 3 is 2.63 bits per heavy atom. The average molecular weight is 583 g/mol. The third kappa shape index (κ3) is 7.35. The van der Waals surface area contributed by atoms with Crippen LogP contribution in [0.2, 0.25) is 0 Å². The van der Waals surface area contributed by atoms with E-state index in [4.69, 9.17) is 9.57 Å². The molecule has 3 aromatic rings. The molecule has 3 heterocycles. The normalized spacial score (nSPS) is 19.0. The van der Waals surface area contributed by atoms with E-state index < -0.39 is 0 Å². The number of methoxy groups -OCH3 is 1. The smallest absolute Gasteiger partial charge is 0.247 e. The number of nitrogens with one attached hydrogen (secondary N) is 1. The van der Waals surface area contributed by atoms with Crippen LogP contribution in [0.3, 0.4) is 0 Å². The zero-order valence-electron chi connectivity index (χ0n) is 25.1. The molecule has 1 N–H and O–H groups in total. The van der Waals surface area contributed by atoms with Crippen LogP contribution in [0, 0.1) is 5.92 Å². The van der Waals surface area contributed by atoms with Crippen molar-refractivity contribution in [2.75, 3.05) is 61.7 Å². The number of nitrogens with zero attached hydrogens (tertiary/aromatic N) is 5. The minimum Gasteiger partial charge on any atom is -0.496 e. The lowest BCUT2D eigenvalue weighted by Gasteiger charge is -2.37. The molecule has 3 fully saturated rings. The zero-order valence-corrected chi connectivity index (χ0v) is 25.1. The lowest BCUT2D eigenvalue weighted by Crippen LogP contribution is -2.47. The van der Waals surface area contributed by atoms with Crippen molar-refractivity contribution in [1.82, 2.24) is 14.9 Å². The lowest BCUT2D eigenvalue weighted by atomic mass is 10.0. The van der Waals surface area contributed by atoms with E-state index in [9.17, 15) is 4.79 Å². The van der Waals surface area contributed by atoms with Gasteiger partial charge in [0.1, 0.15) is 12.1 Å². The number of piperazine rings is 1. The van der Waals surface area contributed by atoms with Crippen molar-refractivity contribution < 1.29 is 14.4 Å². The Morgan fingerprint density at radius 2 is 1.88 bits per heavy atom. The van der Waals surface area contributed by atoms with E-state index in [1.807, 2.05) is 23.3 Å². The van der Waals surface area contributed by atoms with Crippen molar-refractivity contribution in [3.63, 3.8) is 0 Å². The van der Waals surface area contributed by atoms with Crippen molar-refractivity contribution >= 4 is 23.1 Å². The number of hydrogen-bond donors (Lipinski definition) is 1. The van der Waals surface area contributed by atoms with E-state index >= 15 is 0 Å². The van der Waals surface area contributed by atoms with E-state index in [-0.39, 0.29) is 11.9 Å². The minimum absolute atomic E-state index is 0.221. The van der Waals surface area contributed by atoms with Gasteiger partial charge in [-0.1, -0.05) is 36.9 Å². The van der Waals surface area contributed by atoms with Gasteiger partial charge in [-0.2, -0.15) is 0 Å². The minimum atomic E-state index is -0.221. The predicted octanol–water partition coefficient (Wildman–Crippen LogP) is 4.68. The Bertz CT molecular complexity index is 1400. The van der Waals surface area contributed by atoms with Crippen LogP contribution in [0.1, 0.15) is 36.1 Å². The van der Waals surface area contributed by atoms with E-state index in [0.717, 1.165) is 79.1 Å². The fraction of sp³-hybridized carbons (Fsp3) is 0.441. The van der Waals surface area contributed by atoms with Crippen LogP contribution in [0.25, 0.3) is 0 Å². The average Bonchev–Trinajstić information content (AvgIpc) is 3.75. The molecule has 2 aliphatic heterocycles. The lowest BCUT2D eigenvalue weighted by molar-refractivity contribution is -0.111. The molecule has 0 spiro atoms. The van der Waals surface area contributed by atoms with Crippen LogP contribution in [0.4, 0.5) is 17.2 Å². The maximum atomic E-state index is 12.4. The maximum Gasteiger partial charge on any atom is 0.247 e. The number of amides is 1. The molecule has 0 radical (unpaired) electrons. The molecule has 9 heteroatoms. The molecule has 0 bridgehead atoms. The SMILES string of the molecule is C=CC(=O)Nc1cc(CCc2cc(N3OCC[C@H]3Cc3ccccc3)ncn2)c(OC)cc1N1CCN(CC2CC2)CC1. The molecule has 2 aromatic carbocycles. The number of anilines is 3. The van der Waals surface area contributed by atoms with Crippen molar-refractivity contribution in [1.29, 1.82) is 0 Å². The predicted molar refractivity (Wildman–Crippen MR) is 170 cm³/mol. The molecule has 1 saturated carbocycles. The van der Waals surface area contributed by atoms with Gasteiger partial charge in [-0.25, -0.2) is 15.0 Å². The van der Waals surface area contributed by atoms with Crippen LogP contribution in [0.15, 0.2) is 67.5 Å². The first-order valence-electron chi connectivity index (χ1n) is 15.5. The topological polar surface area (TPSA) is 83.1 Å². The molecule has 2 saturated heterocycles. The monoisotopic (exact) mass is 582 g/mol. The molecule has 1 amide bonds. The van der Waals surface area contributed by atoms with E-state index in [2.05, 4.69) is 62.0 Å². The number of aryl methyl sites for hydroxylation is 2. The van der Waals surface area contributed by atoms with Crippen LogP contribution < -0.4 is 20.0 Å². The molecule has 1 aliphatic carbocycles. The summed E-state index contributed by atoms with van der Waals surface area (Å²) in [5, 5.41) is 5.00. The highest BCUT2D eigenvalue weighted by molar-refractivity contribution is 6.01. The van der Waals surface area contributed by atoms with Gasteiger partial charge in [-0.15, -0.1) is 0 Å². The number of carbonyl (C=O) groups is 1. The molecule has 3 aliphatic rings. The number of benzene rings is 2. The highest BCUT2D eigenvalue weighted by Crippen LogP contribution is 2.36. The largest absolute Gasteiger partial charge is 0.496 e. The van der Waals surface area contributed by atoms with Gasteiger partial charge >= 0.3 is 0 Å². The van der Waals surface area contributed by atoms with Gasteiger partial charge in [0.2, 0.25) is 5.91 Å². The molecule has 9 nitrogen and oxygen atoms in total. The van der Waals surface area contributed by atoms with Gasteiger partial charge < -0.3 is 15.0 Å². The molecular formula is C34H42N6O3. The second-order valence-electron chi connectivity index (χ2n) is 11.8. The summed E-state index contributed by atoms with van der Waals surface area (Å²) in [6.45, 7) is 9.43. The summed E-state index contributed by atoms with van der Waals surface area (Å²) < 4.78 is 5.88. The van der Waals surface area contributed by atoms with Gasteiger partial charge in [0.25, 0.3) is 0 Å². The molecular weight excluding hydrogens is 540 g/mol. The number of hydrogen-bond acceptors (Lipinski definition) is 8. The summed E-state index contributed by atoms with van der Waals surface area (Å²) in [7, 11) is 1.71. The molecule has 0 unspecified atom stereocenters. The zero-order chi connectivity index (χ0) is 29.6. The number of aromatic nitrogens is 2. The quantitative estimate of drug-likeness (QED) is 0.309. The van der Waals surface area contributed by atoms with Crippen molar-refractivity contribution in [3.05, 3.63) is 84.3 Å². The number of rotatable bonds is 12. The molecule has 226 valence electrons. The second kappa shape index (κ2) is 13.6. The van der Waals surface area contributed by atoms with Crippen LogP contribution in [-0.4, -0.2) is 73.3 Å². The van der Waals surface area contributed by atoms with Crippen molar-refractivity contribution in [3.8, 4) is 5.75 Å². The van der Waals surface area contributed by atoms with E-state index in [1.165, 1.54) is 31.0 Å². The summed E-state index contributed by atoms with van der Waals surface area (Å²) >= 11 is 0. The van der Waals surface area contributed by atoms with Gasteiger partial charge in [0.05, 0.1) is 31.1 Å². The third-order valence-electron chi connectivity index (χ3n) is 8.68. The van der Waals surface area contributed by atoms with E-state index in [0.29, 0.717) is 19.4 Å². The number of carbonyl (C=O) groups excluding carboxylic acids is 1. The van der Waals surface area contributed by atoms with Crippen molar-refractivity contribution in [2.45, 2.75) is 44.6 Å². The molecule has 43 heavy (non-hydrogen) atoms. The van der Waals surface area contributed by atoms with Crippen LogP contribution in [0.5, 0.6) is 5.75 Å². The molecule has 6 rings (SSSR count). The second-order valence-corrected chi connectivity index (χ2v) is 11.8. The fourth-order valence-corrected chi connectivity index (χ4v) is 6.12. The summed E-state index contributed by atoms with van der Waals surface area (Å²) in [6, 6.07) is 16.9. The van der Waals surface area contributed by atoms with Crippen molar-refractivity contribution in [2.24, 2.45) is 5.92 Å². The first kappa shape index (κ1) is 29.1. The van der Waals surface area contributed by atoms with Gasteiger partial charge in [0, 0.05) is 50.6 Å². The van der Waals surface area contributed by atoms with Gasteiger partial charge in [0.15, 0.2) is 5.82 Å². The highest BCUT2D eigenvalue weighted by atomic mass is 16.7. The third-order valence-corrected chi connectivity index (χ3v) is 8.68. The standard InChI is InChI=1S/C34H42N6O3/c1-3-34(41)37-30-20-27(32(42-2)22-31(30)39-16-14-38(15-17-39)23-26-9-10-26)11-12-28-21-33(36-24-35-28)40-29(13-18-43-40)19-25-7-5-4-6-8-25/h3-8,20-22,24,26,29H,1,9-19,23H2,2H3,(H,37,41)/t29-/m0/s1. The Kier molecular flexibility index (Phi) is 9.19. The highest BCUT2D eigenvalue weighted by Gasteiger charge is 2.29. The first-order chi connectivity index (χ1) is 21.1. The molecule has 1 aromatic heterocycles. The van der Waals surface area contributed by atoms with E-state index in [1.54, 1.807) is 13.4 Å². The number of ether oxygens (including phenoxy) is 1. The first-order valence-corrected chi connectivity index (χ1v) is 15.5. The van der Waals surface area contributed by atoms with Crippen LogP contribution in [-0.2, 0) is 28.9 Å². The maximum absolute atomic E-state index is 12.4. The van der Waals surface area contributed by atoms with Crippen LogP contribution >= 0.6 is 0 Å². The summed E-state index contributed by atoms with van der Waals surface area (Å²) in [4.78, 5) is 32.5. The summed E-state index contributed by atoms with van der Waals surface area (Å²) in [5.74, 6) is 2.26. The Morgan fingerprint density at radius 1 is 1.07 bits per heavy atom. The Labute approximate surface area is 254 Å².